The smallest absolute Gasteiger partial charge is 0.317 e. The normalized spacial score (nSPS) is 17.5. The van der Waals surface area contributed by atoms with Crippen LogP contribution in [0.25, 0.3) is 0 Å². The van der Waals surface area contributed by atoms with E-state index >= 15 is 0 Å². The van der Waals surface area contributed by atoms with Crippen LogP contribution < -0.4 is 20.9 Å². The van der Waals surface area contributed by atoms with Crippen molar-refractivity contribution in [1.82, 2.24) is 5.32 Å². The molecule has 93 heavy (non-hydrogen) atoms. The Kier molecular flexibility index (Phi) is 38.1. The van der Waals surface area contributed by atoms with Crippen molar-refractivity contribution in [2.24, 2.45) is 80.7 Å². The van der Waals surface area contributed by atoms with E-state index in [9.17, 15) is 58.2 Å². The molecule has 1 amide bonds. The number of nitrogens with one attached hydrogen (secondary N) is 1. The number of cyclic esters (lactones) is 4. The van der Waals surface area contributed by atoms with E-state index in [0.717, 1.165) is 30.8 Å². The standard InChI is InChI=1S/C42H64N2O12.C12H17NO2.C11H18O3.C4H11N.C2H6O/c1-12-41(6,7)31(39(53)55-23-22-43-33(45)26-14-16-27(17-15-26)44(10)11)29(35(48)49)19-21-42(8,9)32(38(52)54-13-2)28(34(46)47)18-20-40(4,5)24-30-25(3)36(50)56-37(30)51;1-13(2)11-7-5-10(6-8-11)12(15)4-3-9-14;1-5-11(3,4)6-8-7(2)9(12)14-10(8)13;1-4(2)3-5;1-2-3/h14-17,25,28-32H,12-13,18-24H2,1-11H3,(H,43,45)(H,46,47)(H,48,49);5-8,14H,3-4,9H2,1-2H3;7-8H,5-6H2,1-4H3;4H,3,5H2,1-2H3;3H,2H2,1H3. The Morgan fingerprint density at radius 3 is 1.35 bits per heavy atom. The van der Waals surface area contributed by atoms with Gasteiger partial charge in [0, 0.05) is 70.3 Å². The van der Waals surface area contributed by atoms with E-state index < -0.39 is 87.6 Å². The molecule has 2 aromatic rings. The average molecular weight is 1310 g/mol. The number of esters is 6. The zero-order valence-electron chi connectivity index (χ0n) is 59.6. The van der Waals surface area contributed by atoms with E-state index in [4.69, 9.17) is 30.2 Å². The van der Waals surface area contributed by atoms with E-state index in [2.05, 4.69) is 44.7 Å². The maximum Gasteiger partial charge on any atom is 0.317 e. The number of ether oxygens (including phenoxy) is 4. The molecule has 8 atom stereocenters. The Balaban J connectivity index is 0.00000182. The van der Waals surface area contributed by atoms with Gasteiger partial charge >= 0.3 is 47.8 Å². The van der Waals surface area contributed by atoms with Crippen LogP contribution in [0.1, 0.15) is 196 Å². The number of nitrogens with two attached hydrogens (primary N) is 1. The fraction of sp³-hybridized carbons (Fsp3) is 0.690. The number of carboxylic acid groups (broad SMARTS) is 2. The molecule has 0 bridgehead atoms. The summed E-state index contributed by atoms with van der Waals surface area (Å²) in [6.45, 7) is 30.7. The second-order valence-corrected chi connectivity index (χ2v) is 27.9. The first-order valence-corrected chi connectivity index (χ1v) is 32.7. The minimum atomic E-state index is -1.25. The molecule has 0 spiro atoms. The molecule has 528 valence electrons. The summed E-state index contributed by atoms with van der Waals surface area (Å²) in [6.07, 6.45) is 3.71. The van der Waals surface area contributed by atoms with Crippen LogP contribution in [0.3, 0.4) is 0 Å². The van der Waals surface area contributed by atoms with Crippen LogP contribution in [0.4, 0.5) is 11.4 Å². The molecule has 0 saturated carbocycles. The zero-order valence-corrected chi connectivity index (χ0v) is 59.6. The minimum absolute atomic E-state index is 0.000538. The number of aliphatic hydroxyl groups excluding tert-OH is 2. The molecule has 2 aliphatic heterocycles. The molecule has 0 aliphatic carbocycles. The quantitative estimate of drug-likeness (QED) is 0.0130. The predicted octanol–water partition coefficient (Wildman–Crippen LogP) is 10.5. The van der Waals surface area contributed by atoms with Crippen molar-refractivity contribution >= 4 is 70.8 Å². The molecule has 2 fully saturated rings. The number of benzene rings is 2. The molecule has 22 heteroatoms. The number of aliphatic carboxylic acids is 2. The van der Waals surface area contributed by atoms with Gasteiger partial charge < -0.3 is 60.2 Å². The highest BCUT2D eigenvalue weighted by atomic mass is 16.6. The lowest BCUT2D eigenvalue weighted by molar-refractivity contribution is -0.166. The number of Topliss-reactive ketones (excluding diaryl/α,β-unsaturated/α-hetero) is 1. The summed E-state index contributed by atoms with van der Waals surface area (Å²) < 4.78 is 20.4. The van der Waals surface area contributed by atoms with Gasteiger partial charge in [-0.1, -0.05) is 110 Å². The number of ketones is 1. The maximum absolute atomic E-state index is 13.7. The average Bonchev–Trinajstić information content (AvgIpc) is 1.37. The first-order valence-electron chi connectivity index (χ1n) is 32.7. The summed E-state index contributed by atoms with van der Waals surface area (Å²) >= 11 is 0. The molecule has 0 aromatic heterocycles. The number of carboxylic acids is 2. The van der Waals surface area contributed by atoms with Crippen molar-refractivity contribution in [2.75, 3.05) is 77.5 Å². The van der Waals surface area contributed by atoms with Crippen molar-refractivity contribution in [3.8, 4) is 0 Å². The summed E-state index contributed by atoms with van der Waals surface area (Å²) in [5.41, 5.74) is 5.88. The Labute approximate surface area is 554 Å². The Morgan fingerprint density at radius 2 is 1.00 bits per heavy atom. The fourth-order valence-electron chi connectivity index (χ4n) is 10.6. The lowest BCUT2D eigenvalue weighted by Crippen LogP contribution is -2.44. The molecule has 2 aromatic carbocycles. The largest absolute Gasteiger partial charge is 0.481 e. The molecule has 2 saturated heterocycles. The molecule has 4 rings (SSSR count). The van der Waals surface area contributed by atoms with Crippen molar-refractivity contribution in [1.29, 1.82) is 0 Å². The summed E-state index contributed by atoms with van der Waals surface area (Å²) in [6, 6.07) is 14.5. The van der Waals surface area contributed by atoms with Crippen molar-refractivity contribution in [3.05, 3.63) is 59.7 Å². The third kappa shape index (κ3) is 29.6. The van der Waals surface area contributed by atoms with Gasteiger partial charge in [-0.2, -0.15) is 0 Å². The van der Waals surface area contributed by atoms with Gasteiger partial charge in [0.05, 0.1) is 60.5 Å². The summed E-state index contributed by atoms with van der Waals surface area (Å²) in [7, 11) is 7.70. The van der Waals surface area contributed by atoms with Crippen LogP contribution in [0, 0.1) is 74.9 Å². The second kappa shape index (κ2) is 41.1. The van der Waals surface area contributed by atoms with Gasteiger partial charge in [-0.25, -0.2) is 0 Å². The molecular formula is C71H116N4O18. The maximum atomic E-state index is 13.7. The third-order valence-corrected chi connectivity index (χ3v) is 17.5. The van der Waals surface area contributed by atoms with Crippen LogP contribution >= 0.6 is 0 Å². The Bertz CT molecular complexity index is 2680. The van der Waals surface area contributed by atoms with Crippen molar-refractivity contribution in [2.45, 2.75) is 175 Å². The molecule has 7 N–H and O–H groups in total. The van der Waals surface area contributed by atoms with Crippen LogP contribution in [-0.2, 0) is 57.3 Å². The van der Waals surface area contributed by atoms with Gasteiger partial charge in [-0.15, -0.1) is 0 Å². The molecular weight excluding hydrogens is 1200 g/mol. The van der Waals surface area contributed by atoms with Gasteiger partial charge in [0.25, 0.3) is 5.91 Å². The van der Waals surface area contributed by atoms with Gasteiger partial charge in [0.15, 0.2) is 5.78 Å². The number of carbonyl (C=O) groups is 10. The number of hydrogen-bond acceptors (Lipinski definition) is 19. The molecule has 0 radical (unpaired) electrons. The number of hydrogen-bond donors (Lipinski definition) is 6. The first-order chi connectivity index (χ1) is 43.1. The van der Waals surface area contributed by atoms with E-state index in [0.29, 0.717) is 42.7 Å². The molecule has 8 unspecified atom stereocenters. The summed E-state index contributed by atoms with van der Waals surface area (Å²) in [5.74, 6) is -12.0. The highest BCUT2D eigenvalue weighted by Gasteiger charge is 2.50. The number of aliphatic hydroxyl groups is 2. The highest BCUT2D eigenvalue weighted by Crippen LogP contribution is 2.46. The fourth-order valence-corrected chi connectivity index (χ4v) is 10.6. The number of rotatable bonds is 32. The number of amides is 1. The first kappa shape index (κ1) is 86.2. The monoisotopic (exact) mass is 1310 g/mol. The third-order valence-electron chi connectivity index (χ3n) is 17.5. The number of anilines is 2. The topological polar surface area (TPSA) is 333 Å². The van der Waals surface area contributed by atoms with E-state index in [-0.39, 0.29) is 99.5 Å². The van der Waals surface area contributed by atoms with Gasteiger partial charge in [0.1, 0.15) is 6.61 Å². The van der Waals surface area contributed by atoms with Crippen LogP contribution in [0.15, 0.2) is 48.5 Å². The second-order valence-electron chi connectivity index (χ2n) is 27.9. The summed E-state index contributed by atoms with van der Waals surface area (Å²) in [4.78, 5) is 128. The highest BCUT2D eigenvalue weighted by molar-refractivity contribution is 5.98. The zero-order chi connectivity index (χ0) is 71.9. The lowest BCUT2D eigenvalue weighted by atomic mass is 9.63. The molecule has 2 heterocycles. The van der Waals surface area contributed by atoms with E-state index in [1.165, 1.54) is 0 Å². The van der Waals surface area contributed by atoms with Crippen molar-refractivity contribution < 1.29 is 87.3 Å². The number of carbonyl (C=O) groups excluding carboxylic acids is 8. The molecule has 2 aliphatic rings. The predicted molar refractivity (Wildman–Crippen MR) is 359 cm³/mol. The van der Waals surface area contributed by atoms with Crippen LogP contribution in [-0.4, -0.2) is 148 Å². The van der Waals surface area contributed by atoms with Crippen LogP contribution in [0.2, 0.25) is 0 Å². The lowest BCUT2D eigenvalue weighted by Gasteiger charge is -2.40. The van der Waals surface area contributed by atoms with Crippen LogP contribution in [0.5, 0.6) is 0 Å². The SMILES string of the molecule is CC(C)CN.CCC(C)(C)CC1C(=O)OC(=O)C1C.CCO.CCOC(=O)C(C(CCC(C)(C)CC1C(=O)OC(=O)C1C)C(=O)O)C(C)(C)CCC(C(=O)O)C(C(=O)OCCNC(=O)c1ccc(N(C)C)cc1)C(C)(C)CC.CN(C)c1ccc(C(=O)CCCO)cc1. The van der Waals surface area contributed by atoms with E-state index in [1.807, 2.05) is 83.0 Å². The van der Waals surface area contributed by atoms with Crippen molar-refractivity contribution in [3.63, 3.8) is 0 Å². The number of nitrogens with zero attached hydrogens (tertiary/aromatic N) is 2. The Hall–Kier alpha value is -6.78. The van der Waals surface area contributed by atoms with Gasteiger partial charge in [-0.05, 0) is 141 Å². The Morgan fingerprint density at radius 1 is 0.602 bits per heavy atom. The van der Waals surface area contributed by atoms with Gasteiger partial charge in [0.2, 0.25) is 0 Å². The van der Waals surface area contributed by atoms with Gasteiger partial charge in [-0.3, -0.25) is 47.9 Å². The molecule has 22 nitrogen and oxygen atoms in total. The summed E-state index contributed by atoms with van der Waals surface area (Å²) in [5, 5.41) is 40.0. The van der Waals surface area contributed by atoms with E-state index in [1.54, 1.807) is 79.7 Å². The minimum Gasteiger partial charge on any atom is -0.481 e.